The summed E-state index contributed by atoms with van der Waals surface area (Å²) in [5, 5.41) is 2.08. The highest BCUT2D eigenvalue weighted by Crippen LogP contribution is 2.18. The predicted octanol–water partition coefficient (Wildman–Crippen LogP) is 4.09. The van der Waals surface area contributed by atoms with Gasteiger partial charge >= 0.3 is 6.09 Å². The van der Waals surface area contributed by atoms with Crippen molar-refractivity contribution >= 4 is 17.6 Å². The molecule has 0 saturated heterocycles. The number of hydrogen-bond donors (Lipinski definition) is 2. The lowest BCUT2D eigenvalue weighted by molar-refractivity contribution is 0.182. The lowest BCUT2D eigenvalue weighted by atomic mass is 10.2. The second-order valence-electron chi connectivity index (χ2n) is 4.17. The van der Waals surface area contributed by atoms with E-state index >= 15 is 0 Å². The summed E-state index contributed by atoms with van der Waals surface area (Å²) in [4.78, 5) is 13.3. The van der Waals surface area contributed by atoms with Gasteiger partial charge in [0, 0.05) is 24.8 Å². The molecule has 6 heteroatoms. The Labute approximate surface area is 135 Å². The van der Waals surface area contributed by atoms with Gasteiger partial charge in [-0.15, -0.1) is 0 Å². The summed E-state index contributed by atoms with van der Waals surface area (Å²) >= 11 is 1.61. The topological polar surface area (TPSA) is 81.0 Å². The number of amides is 1. The van der Waals surface area contributed by atoms with Gasteiger partial charge in [0.2, 0.25) is 0 Å². The second-order valence-corrected chi connectivity index (χ2v) is 4.84. The number of methoxy groups -OCH3 is 1. The Morgan fingerprint density at radius 2 is 1.77 bits per heavy atom. The number of carbonyl (C=O) groups is 1. The van der Waals surface area contributed by atoms with Crippen LogP contribution in [0.25, 0.3) is 11.3 Å². The van der Waals surface area contributed by atoms with Gasteiger partial charge in [-0.1, -0.05) is 47.4 Å². The number of nitrogens with two attached hydrogens (primary N) is 1. The number of aromatic nitrogens is 2. The van der Waals surface area contributed by atoms with Crippen LogP contribution in [0.4, 0.5) is 4.79 Å². The van der Waals surface area contributed by atoms with E-state index in [0.29, 0.717) is 0 Å². The third kappa shape index (κ3) is 7.25. The fourth-order valence-electron chi connectivity index (χ4n) is 1.31. The maximum absolute atomic E-state index is 9.37. The van der Waals surface area contributed by atoms with Crippen molar-refractivity contribution in [1.29, 1.82) is 0 Å². The second kappa shape index (κ2) is 10.2. The molecule has 0 aliphatic rings. The number of nitrogens with one attached hydrogen (secondary N) is 1. The van der Waals surface area contributed by atoms with Gasteiger partial charge in [-0.05, 0) is 19.1 Å². The van der Waals surface area contributed by atoms with Crippen LogP contribution in [-0.2, 0) is 4.74 Å². The number of ether oxygens (including phenoxy) is 1. The zero-order valence-corrected chi connectivity index (χ0v) is 13.3. The number of benzene rings is 1. The van der Waals surface area contributed by atoms with Crippen LogP contribution in [0.2, 0.25) is 0 Å². The van der Waals surface area contributed by atoms with Crippen molar-refractivity contribution in [3.05, 3.63) is 65.8 Å². The first-order valence-corrected chi connectivity index (χ1v) is 7.38. The SMILES string of the molecule is COC(N)=O.Cc1ccccc1.[HH].c1cc(-c2cs[nH]2)ccn1. The van der Waals surface area contributed by atoms with Gasteiger partial charge in [0.1, 0.15) is 0 Å². The van der Waals surface area contributed by atoms with Crippen molar-refractivity contribution in [2.75, 3.05) is 7.11 Å². The smallest absolute Gasteiger partial charge is 0.404 e. The van der Waals surface area contributed by atoms with E-state index < -0.39 is 6.09 Å². The van der Waals surface area contributed by atoms with Gasteiger partial charge in [0.25, 0.3) is 0 Å². The number of pyridine rings is 1. The molecular formula is C16H21N3O2S. The molecule has 22 heavy (non-hydrogen) atoms. The lowest BCUT2D eigenvalue weighted by Crippen LogP contribution is -2.08. The predicted molar refractivity (Wildman–Crippen MR) is 91.8 cm³/mol. The van der Waals surface area contributed by atoms with Crippen molar-refractivity contribution in [3.8, 4) is 11.3 Å². The standard InChI is InChI=1S/C7H6N2S.C7H8.C2H5NO2.H2/c1-3-8-4-2-6(1)7-5-10-9-7;1-7-5-3-2-4-6-7;1-5-2(3)4;/h1-5,9H;2-6H,1H3;1H3,(H2,3,4);1H. The first kappa shape index (κ1) is 17.5. The van der Waals surface area contributed by atoms with Gasteiger partial charge in [0.15, 0.2) is 0 Å². The number of hydrogen-bond acceptors (Lipinski definition) is 4. The molecule has 0 saturated carbocycles. The van der Waals surface area contributed by atoms with Crippen LogP contribution in [0.5, 0.6) is 0 Å². The summed E-state index contributed by atoms with van der Waals surface area (Å²) in [6.45, 7) is 2.08. The van der Waals surface area contributed by atoms with E-state index in [1.807, 2.05) is 30.3 Å². The Hall–Kier alpha value is -2.60. The molecule has 3 aromatic rings. The number of rotatable bonds is 1. The molecule has 0 spiro atoms. The molecule has 5 nitrogen and oxygen atoms in total. The minimum atomic E-state index is -0.745. The average molecular weight is 319 g/mol. The summed E-state index contributed by atoms with van der Waals surface area (Å²) in [5.41, 5.74) is 8.14. The minimum Gasteiger partial charge on any atom is -0.453 e. The van der Waals surface area contributed by atoms with E-state index in [0.717, 1.165) is 0 Å². The van der Waals surface area contributed by atoms with E-state index in [9.17, 15) is 4.79 Å². The van der Waals surface area contributed by atoms with E-state index in [-0.39, 0.29) is 1.43 Å². The molecule has 2 heterocycles. The third-order valence-corrected chi connectivity index (χ3v) is 3.17. The molecule has 0 fully saturated rings. The van der Waals surface area contributed by atoms with Gasteiger partial charge in [0.05, 0.1) is 12.8 Å². The minimum absolute atomic E-state index is 0. The average Bonchev–Trinajstić information content (AvgIpc) is 2.49. The van der Waals surface area contributed by atoms with Crippen LogP contribution < -0.4 is 5.73 Å². The molecule has 1 aromatic carbocycles. The zero-order valence-electron chi connectivity index (χ0n) is 12.5. The van der Waals surface area contributed by atoms with Crippen LogP contribution >= 0.6 is 11.5 Å². The summed E-state index contributed by atoms with van der Waals surface area (Å²) < 4.78 is 7.00. The molecule has 3 rings (SSSR count). The van der Waals surface area contributed by atoms with Gasteiger partial charge < -0.3 is 14.8 Å². The normalized spacial score (nSPS) is 8.82. The van der Waals surface area contributed by atoms with Crippen LogP contribution in [-0.4, -0.2) is 22.6 Å². The first-order valence-electron chi connectivity index (χ1n) is 6.50. The van der Waals surface area contributed by atoms with E-state index in [2.05, 4.69) is 44.3 Å². The maximum Gasteiger partial charge on any atom is 0.404 e. The molecule has 0 aliphatic carbocycles. The van der Waals surface area contributed by atoms with Crippen molar-refractivity contribution in [2.45, 2.75) is 6.92 Å². The van der Waals surface area contributed by atoms with Crippen molar-refractivity contribution < 1.29 is 11.0 Å². The largest absolute Gasteiger partial charge is 0.453 e. The van der Waals surface area contributed by atoms with Crippen molar-refractivity contribution in [3.63, 3.8) is 0 Å². The zero-order chi connectivity index (χ0) is 16.2. The number of H-pyrrole nitrogens is 1. The molecule has 0 unspecified atom stereocenters. The lowest BCUT2D eigenvalue weighted by Gasteiger charge is -2.00. The fourth-order valence-corrected chi connectivity index (χ4v) is 1.80. The number of aryl methyl sites for hydroxylation is 1. The molecule has 118 valence electrons. The quantitative estimate of drug-likeness (QED) is 0.709. The molecule has 0 radical (unpaired) electrons. The number of aromatic amines is 1. The van der Waals surface area contributed by atoms with E-state index in [4.69, 9.17) is 0 Å². The van der Waals surface area contributed by atoms with Gasteiger partial charge in [-0.3, -0.25) is 4.98 Å². The molecule has 0 aliphatic heterocycles. The molecule has 1 amide bonds. The fraction of sp³-hybridized carbons (Fsp3) is 0.125. The maximum atomic E-state index is 9.37. The number of primary amides is 1. The summed E-state index contributed by atoms with van der Waals surface area (Å²) in [5.74, 6) is 0. The summed E-state index contributed by atoms with van der Waals surface area (Å²) in [6, 6.07) is 14.2. The molecule has 2 aromatic heterocycles. The highest BCUT2D eigenvalue weighted by atomic mass is 32.1. The highest BCUT2D eigenvalue weighted by Gasteiger charge is 1.96. The molecular weight excluding hydrogens is 298 g/mol. The van der Waals surface area contributed by atoms with Gasteiger partial charge in [-0.2, -0.15) is 0 Å². The van der Waals surface area contributed by atoms with Crippen molar-refractivity contribution in [1.82, 2.24) is 9.36 Å². The molecule has 0 atom stereocenters. The van der Waals surface area contributed by atoms with E-state index in [1.165, 1.54) is 23.9 Å². The van der Waals surface area contributed by atoms with Crippen LogP contribution in [0.15, 0.2) is 60.2 Å². The number of carbonyl (C=O) groups excluding carboxylic acids is 1. The van der Waals surface area contributed by atoms with Crippen LogP contribution in [0.3, 0.4) is 0 Å². The Bertz CT molecular complexity index is 632. The molecule has 0 bridgehead atoms. The first-order chi connectivity index (χ1) is 10.6. The highest BCUT2D eigenvalue weighted by molar-refractivity contribution is 7.05. The Balaban J connectivity index is 0.000000331. The van der Waals surface area contributed by atoms with Gasteiger partial charge in [-0.25, -0.2) is 4.79 Å². The monoisotopic (exact) mass is 319 g/mol. The van der Waals surface area contributed by atoms with E-state index in [1.54, 1.807) is 23.9 Å². The van der Waals surface area contributed by atoms with Crippen molar-refractivity contribution in [2.24, 2.45) is 5.73 Å². The van der Waals surface area contributed by atoms with Crippen LogP contribution in [0, 0.1) is 6.92 Å². The number of nitrogens with zero attached hydrogens (tertiary/aromatic N) is 1. The Morgan fingerprint density at radius 1 is 1.23 bits per heavy atom. The third-order valence-electron chi connectivity index (χ3n) is 2.48. The Kier molecular flexibility index (Phi) is 8.07. The Morgan fingerprint density at radius 3 is 2.09 bits per heavy atom. The molecule has 3 N–H and O–H groups in total. The summed E-state index contributed by atoms with van der Waals surface area (Å²) in [6.07, 6.45) is 2.84. The van der Waals surface area contributed by atoms with Crippen LogP contribution in [0.1, 0.15) is 6.99 Å². The summed E-state index contributed by atoms with van der Waals surface area (Å²) in [7, 11) is 1.22.